The summed E-state index contributed by atoms with van der Waals surface area (Å²) in [6, 6.07) is 14.7. The first kappa shape index (κ1) is 24.7. The molecule has 0 atom stereocenters. The van der Waals surface area contributed by atoms with Crippen LogP contribution in [0.25, 0.3) is 17.2 Å². The van der Waals surface area contributed by atoms with E-state index in [1.807, 2.05) is 18.2 Å². The van der Waals surface area contributed by atoms with Crippen molar-refractivity contribution in [3.05, 3.63) is 59.7 Å². The van der Waals surface area contributed by atoms with E-state index >= 15 is 0 Å². The topological polar surface area (TPSA) is 55.8 Å². The van der Waals surface area contributed by atoms with Crippen LogP contribution in [-0.4, -0.2) is 30.9 Å². The second-order valence-electron chi connectivity index (χ2n) is 7.63. The summed E-state index contributed by atoms with van der Waals surface area (Å²) in [5, 5.41) is 9.01. The SMILES string of the molecule is CCCCCCc1ccc(-c2ccc(/C=C/C(=O)OCC)cc2OCCCCO)cc1. The maximum Gasteiger partial charge on any atom is 0.330 e. The molecule has 0 amide bonds. The predicted molar refractivity (Wildman–Crippen MR) is 127 cm³/mol. The molecule has 168 valence electrons. The number of carbonyl (C=O) groups is 1. The summed E-state index contributed by atoms with van der Waals surface area (Å²) in [5.74, 6) is 0.422. The molecule has 0 saturated carbocycles. The van der Waals surface area contributed by atoms with E-state index in [0.29, 0.717) is 19.6 Å². The number of hydrogen-bond acceptors (Lipinski definition) is 4. The van der Waals surface area contributed by atoms with Crippen LogP contribution >= 0.6 is 0 Å². The zero-order chi connectivity index (χ0) is 22.3. The molecule has 0 spiro atoms. The minimum atomic E-state index is -0.355. The lowest BCUT2D eigenvalue weighted by Gasteiger charge is -2.13. The fourth-order valence-electron chi connectivity index (χ4n) is 3.36. The van der Waals surface area contributed by atoms with Gasteiger partial charge in [0, 0.05) is 18.2 Å². The van der Waals surface area contributed by atoms with Crippen LogP contribution < -0.4 is 4.74 Å². The summed E-state index contributed by atoms with van der Waals surface area (Å²) in [6.07, 6.45) is 10.8. The van der Waals surface area contributed by atoms with Crippen molar-refractivity contribution in [2.24, 2.45) is 0 Å². The first-order valence-electron chi connectivity index (χ1n) is 11.5. The van der Waals surface area contributed by atoms with Crippen molar-refractivity contribution in [3.8, 4) is 16.9 Å². The zero-order valence-corrected chi connectivity index (χ0v) is 18.9. The van der Waals surface area contributed by atoms with Crippen molar-refractivity contribution in [2.75, 3.05) is 19.8 Å². The van der Waals surface area contributed by atoms with Crippen LogP contribution in [0.5, 0.6) is 5.75 Å². The van der Waals surface area contributed by atoms with Crippen LogP contribution in [0.15, 0.2) is 48.5 Å². The molecule has 1 N–H and O–H groups in total. The van der Waals surface area contributed by atoms with Gasteiger partial charge in [-0.15, -0.1) is 0 Å². The van der Waals surface area contributed by atoms with E-state index < -0.39 is 0 Å². The van der Waals surface area contributed by atoms with E-state index in [-0.39, 0.29) is 12.6 Å². The van der Waals surface area contributed by atoms with Gasteiger partial charge in [0.2, 0.25) is 0 Å². The molecule has 31 heavy (non-hydrogen) atoms. The van der Waals surface area contributed by atoms with Crippen LogP contribution in [0.1, 0.15) is 63.5 Å². The monoisotopic (exact) mass is 424 g/mol. The van der Waals surface area contributed by atoms with Gasteiger partial charge < -0.3 is 14.6 Å². The zero-order valence-electron chi connectivity index (χ0n) is 18.9. The summed E-state index contributed by atoms with van der Waals surface area (Å²) in [6.45, 7) is 5.08. The van der Waals surface area contributed by atoms with E-state index in [4.69, 9.17) is 14.6 Å². The van der Waals surface area contributed by atoms with Crippen molar-refractivity contribution < 1.29 is 19.4 Å². The van der Waals surface area contributed by atoms with Crippen molar-refractivity contribution in [3.63, 3.8) is 0 Å². The minimum Gasteiger partial charge on any atom is -0.493 e. The maximum absolute atomic E-state index is 11.6. The van der Waals surface area contributed by atoms with Crippen molar-refractivity contribution in [1.29, 1.82) is 0 Å². The van der Waals surface area contributed by atoms with Gasteiger partial charge in [-0.2, -0.15) is 0 Å². The average Bonchev–Trinajstić information content (AvgIpc) is 2.79. The molecular formula is C27H36O4. The molecule has 0 aliphatic heterocycles. The molecule has 2 rings (SSSR count). The summed E-state index contributed by atoms with van der Waals surface area (Å²) in [7, 11) is 0. The molecule has 0 aliphatic rings. The van der Waals surface area contributed by atoms with Gasteiger partial charge in [-0.25, -0.2) is 4.79 Å². The standard InChI is InChI=1S/C27H36O4/c1-3-5-6-7-10-22-11-15-24(16-12-22)25-17-13-23(14-18-27(29)30-4-2)21-26(25)31-20-9-8-19-28/h11-18,21,28H,3-10,19-20H2,1-2H3/b18-14+. The fraction of sp³-hybridized carbons (Fsp3) is 0.444. The molecule has 4 nitrogen and oxygen atoms in total. The largest absolute Gasteiger partial charge is 0.493 e. The minimum absolute atomic E-state index is 0.165. The lowest BCUT2D eigenvalue weighted by atomic mass is 9.99. The molecular weight excluding hydrogens is 388 g/mol. The van der Waals surface area contributed by atoms with E-state index in [1.165, 1.54) is 37.3 Å². The molecule has 0 radical (unpaired) electrons. The smallest absolute Gasteiger partial charge is 0.330 e. The van der Waals surface area contributed by atoms with Crippen LogP contribution in [-0.2, 0) is 16.0 Å². The van der Waals surface area contributed by atoms with E-state index in [2.05, 4.69) is 31.2 Å². The average molecular weight is 425 g/mol. The lowest BCUT2D eigenvalue weighted by Crippen LogP contribution is -2.01. The second kappa shape index (κ2) is 14.4. The molecule has 0 heterocycles. The number of unbranched alkanes of at least 4 members (excludes halogenated alkanes) is 4. The number of ether oxygens (including phenoxy) is 2. The highest BCUT2D eigenvalue weighted by Crippen LogP contribution is 2.32. The molecule has 0 saturated heterocycles. The predicted octanol–water partition coefficient (Wildman–Crippen LogP) is 6.20. The van der Waals surface area contributed by atoms with Crippen molar-refractivity contribution in [1.82, 2.24) is 0 Å². The Morgan fingerprint density at radius 3 is 2.48 bits per heavy atom. The molecule has 0 unspecified atom stereocenters. The quantitative estimate of drug-likeness (QED) is 0.223. The first-order chi connectivity index (χ1) is 15.2. The normalized spacial score (nSPS) is 11.1. The molecule has 0 aromatic heterocycles. The molecule has 4 heteroatoms. The third kappa shape index (κ3) is 8.97. The number of hydrogen-bond donors (Lipinski definition) is 1. The van der Waals surface area contributed by atoms with E-state index in [9.17, 15) is 4.79 Å². The molecule has 0 bridgehead atoms. The Hall–Kier alpha value is -2.59. The van der Waals surface area contributed by atoms with Crippen LogP contribution in [0.2, 0.25) is 0 Å². The summed E-state index contributed by atoms with van der Waals surface area (Å²) in [5.41, 5.74) is 4.37. The Balaban J connectivity index is 2.16. The second-order valence-corrected chi connectivity index (χ2v) is 7.63. The Morgan fingerprint density at radius 2 is 1.77 bits per heavy atom. The van der Waals surface area contributed by atoms with Crippen molar-refractivity contribution in [2.45, 2.75) is 58.8 Å². The molecule has 0 fully saturated rings. The van der Waals surface area contributed by atoms with Gasteiger partial charge in [0.05, 0.1) is 13.2 Å². The molecule has 2 aromatic rings. The van der Waals surface area contributed by atoms with Crippen LogP contribution in [0.4, 0.5) is 0 Å². The van der Waals surface area contributed by atoms with Crippen molar-refractivity contribution >= 4 is 12.0 Å². The van der Waals surface area contributed by atoms with E-state index in [0.717, 1.165) is 35.3 Å². The highest BCUT2D eigenvalue weighted by Gasteiger charge is 2.08. The first-order valence-corrected chi connectivity index (χ1v) is 11.5. The van der Waals surface area contributed by atoms with Crippen LogP contribution in [0.3, 0.4) is 0 Å². The van der Waals surface area contributed by atoms with Gasteiger partial charge in [-0.05, 0) is 61.4 Å². The number of carbonyl (C=O) groups excluding carboxylic acids is 1. The lowest BCUT2D eigenvalue weighted by molar-refractivity contribution is -0.137. The number of aliphatic hydroxyl groups excluding tert-OH is 1. The van der Waals surface area contributed by atoms with Gasteiger partial charge in [0.15, 0.2) is 0 Å². The number of aryl methyl sites for hydroxylation is 1. The molecule has 0 aliphatic carbocycles. The number of rotatable bonds is 14. The summed E-state index contributed by atoms with van der Waals surface area (Å²) < 4.78 is 11.0. The highest BCUT2D eigenvalue weighted by molar-refractivity contribution is 5.87. The van der Waals surface area contributed by atoms with Gasteiger partial charge in [0.1, 0.15) is 5.75 Å². The summed E-state index contributed by atoms with van der Waals surface area (Å²) in [4.78, 5) is 11.6. The highest BCUT2D eigenvalue weighted by atomic mass is 16.5. The van der Waals surface area contributed by atoms with Gasteiger partial charge >= 0.3 is 5.97 Å². The Kier molecular flexibility index (Phi) is 11.5. The number of benzene rings is 2. The Labute approximate surface area is 186 Å². The third-order valence-corrected chi connectivity index (χ3v) is 5.10. The number of aliphatic hydroxyl groups is 1. The van der Waals surface area contributed by atoms with Gasteiger partial charge in [-0.3, -0.25) is 0 Å². The molecule has 2 aromatic carbocycles. The van der Waals surface area contributed by atoms with E-state index in [1.54, 1.807) is 13.0 Å². The third-order valence-electron chi connectivity index (χ3n) is 5.10. The fourth-order valence-corrected chi connectivity index (χ4v) is 3.36. The van der Waals surface area contributed by atoms with Gasteiger partial charge in [-0.1, -0.05) is 62.6 Å². The Morgan fingerprint density at radius 1 is 0.968 bits per heavy atom. The summed E-state index contributed by atoms with van der Waals surface area (Å²) >= 11 is 0. The van der Waals surface area contributed by atoms with Gasteiger partial charge in [0.25, 0.3) is 0 Å². The maximum atomic E-state index is 11.6. The number of esters is 1. The Bertz CT molecular complexity index is 808. The van der Waals surface area contributed by atoms with Crippen LogP contribution in [0, 0.1) is 0 Å².